The Bertz CT molecular complexity index is 956. The van der Waals surface area contributed by atoms with Crippen LogP contribution < -0.4 is 5.32 Å². The fraction of sp³-hybridized carbons (Fsp3) is 0.529. The maximum absolute atomic E-state index is 12.4. The standard InChI is InChI=1S/C17H21N5O3S2/c1-17(6-9-27(24,25)11-17)19-14(23)10-26-16-21-20-15(22(16)13-2-3-13)12-4-7-18-8-5-12/h4-5,7-8,13H,2-3,6,9-11H2,1H3,(H,19,23)/t17-/m0/s1. The van der Waals surface area contributed by atoms with E-state index in [4.69, 9.17) is 0 Å². The molecule has 1 aliphatic heterocycles. The average molecular weight is 408 g/mol. The molecule has 144 valence electrons. The Morgan fingerprint density at radius 2 is 2.07 bits per heavy atom. The summed E-state index contributed by atoms with van der Waals surface area (Å²) in [5.74, 6) is 0.909. The van der Waals surface area contributed by atoms with Gasteiger partial charge in [0.05, 0.1) is 22.8 Å². The molecule has 0 bridgehead atoms. The first kappa shape index (κ1) is 18.4. The molecule has 10 heteroatoms. The van der Waals surface area contributed by atoms with Crippen molar-refractivity contribution in [2.24, 2.45) is 0 Å². The molecule has 2 aliphatic rings. The second kappa shape index (κ2) is 6.90. The number of hydrogen-bond donors (Lipinski definition) is 1. The molecule has 1 saturated heterocycles. The summed E-state index contributed by atoms with van der Waals surface area (Å²) < 4.78 is 25.5. The zero-order chi connectivity index (χ0) is 19.1. The third-order valence-corrected chi connectivity index (χ3v) is 7.64. The number of hydrogen-bond acceptors (Lipinski definition) is 7. The zero-order valence-corrected chi connectivity index (χ0v) is 16.6. The molecule has 3 heterocycles. The van der Waals surface area contributed by atoms with E-state index < -0.39 is 15.4 Å². The zero-order valence-electron chi connectivity index (χ0n) is 15.0. The number of thioether (sulfide) groups is 1. The van der Waals surface area contributed by atoms with Crippen LogP contribution in [-0.2, 0) is 14.6 Å². The lowest BCUT2D eigenvalue weighted by Gasteiger charge is -2.23. The van der Waals surface area contributed by atoms with Gasteiger partial charge in [0.15, 0.2) is 20.8 Å². The summed E-state index contributed by atoms with van der Waals surface area (Å²) in [6, 6.07) is 4.16. The van der Waals surface area contributed by atoms with E-state index >= 15 is 0 Å². The predicted molar refractivity (Wildman–Crippen MR) is 102 cm³/mol. The Morgan fingerprint density at radius 3 is 2.70 bits per heavy atom. The number of sulfone groups is 1. The Morgan fingerprint density at radius 1 is 1.33 bits per heavy atom. The summed E-state index contributed by atoms with van der Waals surface area (Å²) in [7, 11) is -3.06. The molecule has 1 atom stereocenters. The summed E-state index contributed by atoms with van der Waals surface area (Å²) in [5.41, 5.74) is 0.271. The maximum atomic E-state index is 12.4. The van der Waals surface area contributed by atoms with Gasteiger partial charge in [0.1, 0.15) is 0 Å². The molecule has 0 radical (unpaired) electrons. The molecule has 4 rings (SSSR count). The van der Waals surface area contributed by atoms with Crippen molar-refractivity contribution in [2.75, 3.05) is 17.3 Å². The van der Waals surface area contributed by atoms with Gasteiger partial charge >= 0.3 is 0 Å². The number of carbonyl (C=O) groups excluding carboxylic acids is 1. The summed E-state index contributed by atoms with van der Waals surface area (Å²) in [6.07, 6.45) is 6.05. The topological polar surface area (TPSA) is 107 Å². The molecular weight excluding hydrogens is 386 g/mol. The van der Waals surface area contributed by atoms with Crippen LogP contribution in [0.1, 0.15) is 32.2 Å². The Labute approximate surface area is 162 Å². The lowest BCUT2D eigenvalue weighted by atomic mass is 10.0. The van der Waals surface area contributed by atoms with Gasteiger partial charge in [0.25, 0.3) is 0 Å². The van der Waals surface area contributed by atoms with Gasteiger partial charge in [0, 0.05) is 24.0 Å². The highest BCUT2D eigenvalue weighted by Gasteiger charge is 2.39. The van der Waals surface area contributed by atoms with Gasteiger partial charge in [-0.3, -0.25) is 14.3 Å². The fourth-order valence-corrected chi connectivity index (χ4v) is 6.25. The normalized spacial score (nSPS) is 24.0. The van der Waals surface area contributed by atoms with Crippen LogP contribution >= 0.6 is 11.8 Å². The largest absolute Gasteiger partial charge is 0.349 e. The number of aromatic nitrogens is 4. The van der Waals surface area contributed by atoms with E-state index in [0.29, 0.717) is 17.6 Å². The number of nitrogens with one attached hydrogen (secondary N) is 1. The molecule has 1 aliphatic carbocycles. The van der Waals surface area contributed by atoms with Crippen LogP contribution in [0.5, 0.6) is 0 Å². The summed E-state index contributed by atoms with van der Waals surface area (Å²) in [4.78, 5) is 16.4. The highest BCUT2D eigenvalue weighted by atomic mass is 32.2. The maximum Gasteiger partial charge on any atom is 0.230 e. The van der Waals surface area contributed by atoms with Crippen molar-refractivity contribution in [1.29, 1.82) is 0 Å². The Balaban J connectivity index is 1.44. The highest BCUT2D eigenvalue weighted by Crippen LogP contribution is 2.41. The van der Waals surface area contributed by atoms with Crippen LogP contribution in [0, 0.1) is 0 Å². The highest BCUT2D eigenvalue weighted by molar-refractivity contribution is 7.99. The van der Waals surface area contributed by atoms with Crippen molar-refractivity contribution < 1.29 is 13.2 Å². The molecule has 8 nitrogen and oxygen atoms in total. The molecule has 2 aromatic rings. The van der Waals surface area contributed by atoms with E-state index in [1.165, 1.54) is 11.8 Å². The van der Waals surface area contributed by atoms with Crippen molar-refractivity contribution in [1.82, 2.24) is 25.1 Å². The van der Waals surface area contributed by atoms with Crippen LogP contribution in [0.2, 0.25) is 0 Å². The quantitative estimate of drug-likeness (QED) is 0.723. The number of carbonyl (C=O) groups is 1. The van der Waals surface area contributed by atoms with Gasteiger partial charge < -0.3 is 5.32 Å². The van der Waals surface area contributed by atoms with Crippen LogP contribution in [0.4, 0.5) is 0 Å². The van der Waals surface area contributed by atoms with Crippen molar-refractivity contribution in [3.05, 3.63) is 24.5 Å². The van der Waals surface area contributed by atoms with Crippen LogP contribution in [0.25, 0.3) is 11.4 Å². The Hall–Kier alpha value is -1.94. The first-order chi connectivity index (χ1) is 12.9. The lowest BCUT2D eigenvalue weighted by molar-refractivity contribution is -0.120. The fourth-order valence-electron chi connectivity index (χ4n) is 3.35. The third-order valence-electron chi connectivity index (χ3n) is 4.79. The molecule has 0 unspecified atom stereocenters. The van der Waals surface area contributed by atoms with E-state index in [2.05, 4.69) is 25.1 Å². The van der Waals surface area contributed by atoms with E-state index in [-0.39, 0.29) is 23.2 Å². The molecule has 2 fully saturated rings. The molecule has 27 heavy (non-hydrogen) atoms. The van der Waals surface area contributed by atoms with Crippen molar-refractivity contribution in [2.45, 2.75) is 42.9 Å². The number of amides is 1. The second-order valence-corrected chi connectivity index (χ2v) is 10.5. The van der Waals surface area contributed by atoms with Gasteiger partial charge in [-0.2, -0.15) is 0 Å². The summed E-state index contributed by atoms with van der Waals surface area (Å²) in [5, 5.41) is 12.2. The third kappa shape index (κ3) is 4.16. The summed E-state index contributed by atoms with van der Waals surface area (Å²) in [6.45, 7) is 1.79. The smallest absolute Gasteiger partial charge is 0.230 e. The van der Waals surface area contributed by atoms with Crippen molar-refractivity contribution in [3.63, 3.8) is 0 Å². The average Bonchev–Trinajstić information content (AvgIpc) is 3.31. The van der Waals surface area contributed by atoms with E-state index in [9.17, 15) is 13.2 Å². The van der Waals surface area contributed by atoms with Gasteiger partial charge in [-0.05, 0) is 38.3 Å². The minimum Gasteiger partial charge on any atom is -0.349 e. The van der Waals surface area contributed by atoms with Crippen molar-refractivity contribution >= 4 is 27.5 Å². The number of pyridine rings is 1. The van der Waals surface area contributed by atoms with Gasteiger partial charge in [0.2, 0.25) is 5.91 Å². The molecular formula is C17H21N5O3S2. The Kier molecular flexibility index (Phi) is 4.71. The van der Waals surface area contributed by atoms with Gasteiger partial charge in [-0.15, -0.1) is 10.2 Å². The van der Waals surface area contributed by atoms with Crippen molar-refractivity contribution in [3.8, 4) is 11.4 Å². The molecule has 2 aromatic heterocycles. The van der Waals surface area contributed by atoms with E-state index in [0.717, 1.165) is 24.2 Å². The minimum atomic E-state index is -3.06. The summed E-state index contributed by atoms with van der Waals surface area (Å²) >= 11 is 1.33. The first-order valence-corrected chi connectivity index (χ1v) is 11.7. The number of nitrogens with zero attached hydrogens (tertiary/aromatic N) is 4. The van der Waals surface area contributed by atoms with Crippen LogP contribution in [0.3, 0.4) is 0 Å². The monoisotopic (exact) mass is 407 g/mol. The van der Waals surface area contributed by atoms with Gasteiger partial charge in [-0.25, -0.2) is 8.42 Å². The molecule has 1 N–H and O–H groups in total. The predicted octanol–water partition coefficient (Wildman–Crippen LogP) is 1.46. The molecule has 1 amide bonds. The minimum absolute atomic E-state index is 0.000847. The second-order valence-electron chi connectivity index (χ2n) is 7.38. The molecule has 1 saturated carbocycles. The molecule has 0 aromatic carbocycles. The van der Waals surface area contributed by atoms with E-state index in [1.807, 2.05) is 12.1 Å². The van der Waals surface area contributed by atoms with Gasteiger partial charge in [-0.1, -0.05) is 11.8 Å². The SMILES string of the molecule is C[C@]1(NC(=O)CSc2nnc(-c3ccncc3)n2C2CC2)CCS(=O)(=O)C1. The van der Waals surface area contributed by atoms with Crippen LogP contribution in [0.15, 0.2) is 29.7 Å². The lowest BCUT2D eigenvalue weighted by Crippen LogP contribution is -2.47. The number of rotatable bonds is 6. The van der Waals surface area contributed by atoms with Crippen LogP contribution in [-0.4, -0.2) is 56.9 Å². The molecule has 0 spiro atoms. The van der Waals surface area contributed by atoms with E-state index in [1.54, 1.807) is 19.3 Å². The first-order valence-electron chi connectivity index (χ1n) is 8.85.